The van der Waals surface area contributed by atoms with E-state index in [-0.39, 0.29) is 33.4 Å². The van der Waals surface area contributed by atoms with E-state index < -0.39 is 36.1 Å². The molecule has 30 heavy (non-hydrogen) atoms. The predicted octanol–water partition coefficient (Wildman–Crippen LogP) is 1.80. The first-order valence-electron chi connectivity index (χ1n) is 8.71. The number of esters is 2. The lowest BCUT2D eigenvalue weighted by atomic mass is 10.1. The number of carbonyl (C=O) groups is 4. The third-order valence-corrected chi connectivity index (χ3v) is 5.05. The van der Waals surface area contributed by atoms with E-state index in [2.05, 4.69) is 10.6 Å². The van der Waals surface area contributed by atoms with Gasteiger partial charge >= 0.3 is 11.9 Å². The van der Waals surface area contributed by atoms with Gasteiger partial charge in [-0.15, -0.1) is 11.3 Å². The molecule has 0 saturated heterocycles. The van der Waals surface area contributed by atoms with Crippen LogP contribution in [0.2, 0.25) is 0 Å². The highest BCUT2D eigenvalue weighted by molar-refractivity contribution is 7.18. The minimum absolute atomic E-state index is 0.0382. The maximum Gasteiger partial charge on any atom is 0.342 e. The zero-order valence-electron chi connectivity index (χ0n) is 16.4. The lowest BCUT2D eigenvalue weighted by molar-refractivity contribution is -0.119. The Morgan fingerprint density at radius 1 is 1.10 bits per heavy atom. The van der Waals surface area contributed by atoms with Crippen molar-refractivity contribution in [1.82, 2.24) is 5.32 Å². The molecule has 2 aromatic rings. The maximum atomic E-state index is 12.3. The van der Waals surface area contributed by atoms with Gasteiger partial charge in [0.15, 0.2) is 6.61 Å². The largest absolute Gasteiger partial charge is 0.508 e. The van der Waals surface area contributed by atoms with Crippen molar-refractivity contribution in [2.24, 2.45) is 0 Å². The molecular weight excluding hydrogens is 416 g/mol. The number of hydrogen-bond donors (Lipinski definition) is 4. The molecule has 0 aliphatic rings. The van der Waals surface area contributed by atoms with Gasteiger partial charge < -0.3 is 30.3 Å². The summed E-state index contributed by atoms with van der Waals surface area (Å²) in [6, 6.07) is 3.27. The first-order chi connectivity index (χ1) is 14.2. The van der Waals surface area contributed by atoms with E-state index in [9.17, 15) is 29.4 Å². The van der Waals surface area contributed by atoms with Gasteiger partial charge in [-0.05, 0) is 31.5 Å². The summed E-state index contributed by atoms with van der Waals surface area (Å²) in [6.07, 6.45) is 0. The Kier molecular flexibility index (Phi) is 7.37. The van der Waals surface area contributed by atoms with Gasteiger partial charge in [-0.2, -0.15) is 0 Å². The van der Waals surface area contributed by atoms with Gasteiger partial charge in [0, 0.05) is 13.1 Å². The van der Waals surface area contributed by atoms with Crippen LogP contribution in [-0.4, -0.2) is 54.2 Å². The second-order valence-corrected chi connectivity index (χ2v) is 6.91. The highest BCUT2D eigenvalue weighted by Gasteiger charge is 2.26. The molecule has 11 heteroatoms. The van der Waals surface area contributed by atoms with Crippen LogP contribution in [0.4, 0.5) is 5.00 Å². The van der Waals surface area contributed by atoms with E-state index >= 15 is 0 Å². The molecule has 2 rings (SSSR count). The molecule has 4 N–H and O–H groups in total. The topological polar surface area (TPSA) is 151 Å². The number of aromatic hydroxyl groups is 2. The Balaban J connectivity index is 2.16. The van der Waals surface area contributed by atoms with E-state index in [1.54, 1.807) is 13.8 Å². The maximum absolute atomic E-state index is 12.3. The van der Waals surface area contributed by atoms with Crippen molar-refractivity contribution in [2.45, 2.75) is 13.8 Å². The number of ether oxygens (including phenoxy) is 2. The van der Waals surface area contributed by atoms with Gasteiger partial charge in [0.05, 0.1) is 17.0 Å². The van der Waals surface area contributed by atoms with Crippen LogP contribution < -0.4 is 10.6 Å². The number of carbonyl (C=O) groups excluding carboxylic acids is 4. The fraction of sp³-hybridized carbons (Fsp3) is 0.263. The molecular formula is C19H20N2O8S. The summed E-state index contributed by atoms with van der Waals surface area (Å²) >= 11 is 0.883. The van der Waals surface area contributed by atoms with Crippen molar-refractivity contribution >= 4 is 40.1 Å². The lowest BCUT2D eigenvalue weighted by Crippen LogP contribution is -2.21. The highest BCUT2D eigenvalue weighted by Crippen LogP contribution is 2.33. The van der Waals surface area contributed by atoms with Gasteiger partial charge in [-0.1, -0.05) is 0 Å². The molecule has 160 valence electrons. The van der Waals surface area contributed by atoms with Crippen LogP contribution >= 0.6 is 11.3 Å². The summed E-state index contributed by atoms with van der Waals surface area (Å²) < 4.78 is 9.84. The molecule has 0 aliphatic heterocycles. The van der Waals surface area contributed by atoms with Crippen molar-refractivity contribution in [2.75, 3.05) is 25.6 Å². The summed E-state index contributed by atoms with van der Waals surface area (Å²) in [4.78, 5) is 48.8. The second kappa shape index (κ2) is 9.74. The summed E-state index contributed by atoms with van der Waals surface area (Å²) in [6.45, 7) is 2.56. The van der Waals surface area contributed by atoms with Gasteiger partial charge in [0.25, 0.3) is 11.8 Å². The monoisotopic (exact) mass is 436 g/mol. The number of nitrogens with one attached hydrogen (secondary N) is 2. The second-order valence-electron chi connectivity index (χ2n) is 5.89. The van der Waals surface area contributed by atoms with E-state index in [4.69, 9.17) is 9.47 Å². The number of thiophene rings is 1. The Bertz CT molecular complexity index is 999. The Morgan fingerprint density at radius 3 is 2.40 bits per heavy atom. The van der Waals surface area contributed by atoms with Crippen LogP contribution in [0.25, 0.3) is 0 Å². The quantitative estimate of drug-likeness (QED) is 0.480. The molecule has 0 bridgehead atoms. The predicted molar refractivity (Wildman–Crippen MR) is 107 cm³/mol. The fourth-order valence-electron chi connectivity index (χ4n) is 2.44. The number of amides is 2. The van der Waals surface area contributed by atoms with Gasteiger partial charge in [-0.3, -0.25) is 9.59 Å². The molecule has 0 aliphatic carbocycles. The summed E-state index contributed by atoms with van der Waals surface area (Å²) in [5.74, 6) is -3.64. The minimum atomic E-state index is -0.985. The molecule has 10 nitrogen and oxygen atoms in total. The SMILES string of the molecule is CCOC(=O)c1c(NC(=O)COC(=O)c2ccc(O)cc2O)sc(C(=O)NC)c1C. The zero-order chi connectivity index (χ0) is 22.4. The summed E-state index contributed by atoms with van der Waals surface area (Å²) in [7, 11) is 1.43. The fourth-order valence-corrected chi connectivity index (χ4v) is 3.60. The van der Waals surface area contributed by atoms with E-state index in [0.717, 1.165) is 23.5 Å². The van der Waals surface area contributed by atoms with Crippen molar-refractivity contribution in [1.29, 1.82) is 0 Å². The molecule has 1 heterocycles. The van der Waals surface area contributed by atoms with Gasteiger partial charge in [0.1, 0.15) is 22.1 Å². The number of anilines is 1. The Morgan fingerprint density at radius 2 is 1.80 bits per heavy atom. The summed E-state index contributed by atoms with van der Waals surface area (Å²) in [5, 5.41) is 23.9. The van der Waals surface area contributed by atoms with Gasteiger partial charge in [-0.25, -0.2) is 9.59 Å². The number of rotatable bonds is 7. The third-order valence-electron chi connectivity index (χ3n) is 3.85. The van der Waals surface area contributed by atoms with Crippen molar-refractivity contribution < 1.29 is 38.9 Å². The molecule has 1 aromatic carbocycles. The van der Waals surface area contributed by atoms with Crippen LogP contribution in [0.3, 0.4) is 0 Å². The Hall–Kier alpha value is -3.60. The standard InChI is InChI=1S/C19H20N2O8S/c1-4-28-19(27)14-9(2)15(16(25)20-3)30-17(14)21-13(24)8-29-18(26)11-6-5-10(22)7-12(11)23/h5-7,22-23H,4,8H2,1-3H3,(H,20,25)(H,21,24). The molecule has 0 unspecified atom stereocenters. The first kappa shape index (κ1) is 22.7. The van der Waals surface area contributed by atoms with Crippen molar-refractivity contribution in [3.05, 3.63) is 39.8 Å². The average Bonchev–Trinajstić information content (AvgIpc) is 3.01. The molecule has 1 aromatic heterocycles. The molecule has 0 radical (unpaired) electrons. The first-order valence-corrected chi connectivity index (χ1v) is 9.52. The summed E-state index contributed by atoms with van der Waals surface area (Å²) in [5.41, 5.74) is 0.150. The highest BCUT2D eigenvalue weighted by atomic mass is 32.1. The van der Waals surface area contributed by atoms with Gasteiger partial charge in [0.2, 0.25) is 0 Å². The molecule has 0 fully saturated rings. The van der Waals surface area contributed by atoms with E-state index in [1.807, 2.05) is 0 Å². The number of phenols is 2. The molecule has 0 saturated carbocycles. The lowest BCUT2D eigenvalue weighted by Gasteiger charge is -2.08. The van der Waals surface area contributed by atoms with Crippen molar-refractivity contribution in [3.8, 4) is 11.5 Å². The Labute approximate surface area is 175 Å². The number of phenolic OH excluding ortho intramolecular Hbond substituents is 2. The smallest absolute Gasteiger partial charge is 0.342 e. The van der Waals surface area contributed by atoms with Crippen LogP contribution in [0.5, 0.6) is 11.5 Å². The zero-order valence-corrected chi connectivity index (χ0v) is 17.2. The van der Waals surface area contributed by atoms with Crippen LogP contribution in [0, 0.1) is 6.92 Å². The number of hydrogen-bond acceptors (Lipinski definition) is 9. The third kappa shape index (κ3) is 5.06. The van der Waals surface area contributed by atoms with E-state index in [1.165, 1.54) is 13.1 Å². The van der Waals surface area contributed by atoms with Crippen molar-refractivity contribution in [3.63, 3.8) is 0 Å². The molecule has 0 atom stereocenters. The van der Waals surface area contributed by atoms with Crippen LogP contribution in [0.15, 0.2) is 18.2 Å². The van der Waals surface area contributed by atoms with Crippen LogP contribution in [0.1, 0.15) is 42.9 Å². The van der Waals surface area contributed by atoms with Crippen LogP contribution in [-0.2, 0) is 14.3 Å². The van der Waals surface area contributed by atoms with E-state index in [0.29, 0.717) is 5.56 Å². The molecule has 2 amide bonds. The number of benzene rings is 1. The normalized spacial score (nSPS) is 10.2. The molecule has 0 spiro atoms. The average molecular weight is 436 g/mol. The minimum Gasteiger partial charge on any atom is -0.508 e.